The van der Waals surface area contributed by atoms with Crippen molar-refractivity contribution in [3.63, 3.8) is 0 Å². The molecule has 0 atom stereocenters. The van der Waals surface area contributed by atoms with E-state index in [4.69, 9.17) is 5.11 Å². The lowest BCUT2D eigenvalue weighted by atomic mass is 10.2. The Morgan fingerprint density at radius 2 is 2.06 bits per heavy atom. The van der Waals surface area contributed by atoms with E-state index in [-0.39, 0.29) is 11.4 Å². The molecule has 8 heteroatoms. The number of sulfonamides is 1. The van der Waals surface area contributed by atoms with Crippen LogP contribution < -0.4 is 4.72 Å². The molecular formula is C10H9FN2O4S. The number of carboxylic acids is 1. The van der Waals surface area contributed by atoms with Gasteiger partial charge in [-0.05, 0) is 18.2 Å². The fraction of sp³-hybridized carbons (Fsp3) is 0.100. The third kappa shape index (κ3) is 2.43. The zero-order valence-corrected chi connectivity index (χ0v) is 10.0. The van der Waals surface area contributed by atoms with Crippen LogP contribution in [0, 0.1) is 5.82 Å². The Bertz CT molecular complexity index is 736. The van der Waals surface area contributed by atoms with Gasteiger partial charge in [0.05, 0.1) is 11.9 Å². The summed E-state index contributed by atoms with van der Waals surface area (Å²) in [5.41, 5.74) is 0.00430. The van der Waals surface area contributed by atoms with E-state index in [0.29, 0.717) is 10.9 Å². The standard InChI is InChI=1S/C10H9FN2O4S/c1-18(16,17)13-8-4-7-5(2-6(8)11)3-9(12-7)10(14)15/h2-4,12-13H,1H3,(H,14,15). The number of carbonyl (C=O) groups is 1. The fourth-order valence-electron chi connectivity index (χ4n) is 1.55. The van der Waals surface area contributed by atoms with Gasteiger partial charge in [0.15, 0.2) is 0 Å². The second-order valence-corrected chi connectivity index (χ2v) is 5.53. The van der Waals surface area contributed by atoms with Crippen LogP contribution >= 0.6 is 0 Å². The van der Waals surface area contributed by atoms with Gasteiger partial charge in [0.1, 0.15) is 11.5 Å². The predicted molar refractivity (Wildman–Crippen MR) is 63.7 cm³/mol. The van der Waals surface area contributed by atoms with Crippen LogP contribution in [-0.4, -0.2) is 30.7 Å². The number of aromatic nitrogens is 1. The minimum atomic E-state index is -3.60. The number of benzene rings is 1. The zero-order chi connectivity index (χ0) is 13.5. The first-order valence-corrected chi connectivity index (χ1v) is 6.69. The van der Waals surface area contributed by atoms with Crippen LogP contribution in [0.4, 0.5) is 10.1 Å². The lowest BCUT2D eigenvalue weighted by Gasteiger charge is -2.05. The smallest absolute Gasteiger partial charge is 0.352 e. The van der Waals surface area contributed by atoms with Crippen LogP contribution in [0.1, 0.15) is 10.5 Å². The van der Waals surface area contributed by atoms with Gasteiger partial charge < -0.3 is 10.1 Å². The van der Waals surface area contributed by atoms with Gasteiger partial charge in [-0.1, -0.05) is 0 Å². The molecule has 3 N–H and O–H groups in total. The first-order chi connectivity index (χ1) is 8.26. The number of carboxylic acid groups (broad SMARTS) is 1. The largest absolute Gasteiger partial charge is 0.477 e. The Morgan fingerprint density at radius 3 is 2.61 bits per heavy atom. The molecule has 0 amide bonds. The van der Waals surface area contributed by atoms with Crippen LogP contribution in [-0.2, 0) is 10.0 Å². The number of aromatic amines is 1. The second kappa shape index (κ2) is 3.98. The molecule has 2 rings (SSSR count). The molecule has 0 spiro atoms. The molecule has 0 bridgehead atoms. The summed E-state index contributed by atoms with van der Waals surface area (Å²) in [5, 5.41) is 9.13. The molecule has 1 heterocycles. The lowest BCUT2D eigenvalue weighted by Crippen LogP contribution is -2.10. The summed E-state index contributed by atoms with van der Waals surface area (Å²) in [5.74, 6) is -1.95. The Morgan fingerprint density at radius 1 is 1.39 bits per heavy atom. The SMILES string of the molecule is CS(=O)(=O)Nc1cc2[nH]c(C(=O)O)cc2cc1F. The molecule has 0 radical (unpaired) electrons. The number of H-pyrrole nitrogens is 1. The molecule has 0 saturated carbocycles. The summed E-state index contributed by atoms with van der Waals surface area (Å²) in [4.78, 5) is 13.3. The molecule has 0 fully saturated rings. The average molecular weight is 272 g/mol. The maximum absolute atomic E-state index is 13.6. The molecule has 0 unspecified atom stereocenters. The number of halogens is 1. The number of nitrogens with one attached hydrogen (secondary N) is 2. The summed E-state index contributed by atoms with van der Waals surface area (Å²) in [7, 11) is -3.60. The Balaban J connectivity index is 2.57. The van der Waals surface area contributed by atoms with E-state index in [0.717, 1.165) is 12.3 Å². The van der Waals surface area contributed by atoms with Crippen molar-refractivity contribution in [2.45, 2.75) is 0 Å². The summed E-state index contributed by atoms with van der Waals surface area (Å²) < 4.78 is 37.6. The number of fused-ring (bicyclic) bond motifs is 1. The number of hydrogen-bond acceptors (Lipinski definition) is 3. The third-order valence-electron chi connectivity index (χ3n) is 2.23. The van der Waals surface area contributed by atoms with E-state index in [9.17, 15) is 17.6 Å². The molecule has 6 nitrogen and oxygen atoms in total. The summed E-state index contributed by atoms with van der Waals surface area (Å²) in [6.45, 7) is 0. The first-order valence-electron chi connectivity index (χ1n) is 4.79. The lowest BCUT2D eigenvalue weighted by molar-refractivity contribution is 0.0691. The molecule has 0 aliphatic rings. The number of rotatable bonds is 3. The Labute approximate surface area is 101 Å². The van der Waals surface area contributed by atoms with Crippen molar-refractivity contribution < 1.29 is 22.7 Å². The molecule has 18 heavy (non-hydrogen) atoms. The van der Waals surface area contributed by atoms with E-state index in [1.807, 2.05) is 4.72 Å². The second-order valence-electron chi connectivity index (χ2n) is 3.78. The fourth-order valence-corrected chi connectivity index (χ4v) is 2.10. The number of hydrogen-bond donors (Lipinski definition) is 3. The molecule has 2 aromatic rings. The maximum atomic E-state index is 13.6. The van der Waals surface area contributed by atoms with Gasteiger partial charge in [0, 0.05) is 10.9 Å². The molecule has 0 aliphatic heterocycles. The average Bonchev–Trinajstić information content (AvgIpc) is 2.59. The molecule has 0 aliphatic carbocycles. The molecular weight excluding hydrogens is 263 g/mol. The van der Waals surface area contributed by atoms with Gasteiger partial charge in [0.25, 0.3) is 0 Å². The van der Waals surface area contributed by atoms with E-state index in [1.54, 1.807) is 0 Å². The van der Waals surface area contributed by atoms with E-state index < -0.39 is 21.8 Å². The molecule has 1 aromatic heterocycles. The first kappa shape index (κ1) is 12.4. The van der Waals surface area contributed by atoms with Crippen molar-refractivity contribution in [2.24, 2.45) is 0 Å². The highest BCUT2D eigenvalue weighted by atomic mass is 32.2. The minimum Gasteiger partial charge on any atom is -0.477 e. The maximum Gasteiger partial charge on any atom is 0.352 e. The molecule has 96 valence electrons. The highest BCUT2D eigenvalue weighted by Crippen LogP contribution is 2.24. The van der Waals surface area contributed by atoms with Gasteiger partial charge in [0.2, 0.25) is 10.0 Å². The quantitative estimate of drug-likeness (QED) is 0.785. The van der Waals surface area contributed by atoms with Crippen LogP contribution in [0.5, 0.6) is 0 Å². The number of anilines is 1. The van der Waals surface area contributed by atoms with Crippen molar-refractivity contribution in [2.75, 3.05) is 11.0 Å². The van der Waals surface area contributed by atoms with Crippen molar-refractivity contribution in [1.82, 2.24) is 4.98 Å². The Hall–Kier alpha value is -2.09. The van der Waals surface area contributed by atoms with Gasteiger partial charge >= 0.3 is 5.97 Å². The van der Waals surface area contributed by atoms with E-state index in [2.05, 4.69) is 4.98 Å². The predicted octanol–water partition coefficient (Wildman–Crippen LogP) is 1.38. The zero-order valence-electron chi connectivity index (χ0n) is 9.19. The monoisotopic (exact) mass is 272 g/mol. The summed E-state index contributed by atoms with van der Waals surface area (Å²) in [6.07, 6.45) is 0.897. The van der Waals surface area contributed by atoms with Crippen molar-refractivity contribution in [3.05, 3.63) is 29.7 Å². The highest BCUT2D eigenvalue weighted by Gasteiger charge is 2.13. The topological polar surface area (TPSA) is 99.3 Å². The van der Waals surface area contributed by atoms with Gasteiger partial charge in [-0.25, -0.2) is 17.6 Å². The Kier molecular flexibility index (Phi) is 2.74. The van der Waals surface area contributed by atoms with Gasteiger partial charge in [-0.15, -0.1) is 0 Å². The molecule has 1 aromatic carbocycles. The highest BCUT2D eigenvalue weighted by molar-refractivity contribution is 7.92. The van der Waals surface area contributed by atoms with Crippen molar-refractivity contribution in [3.8, 4) is 0 Å². The van der Waals surface area contributed by atoms with Crippen LogP contribution in [0.15, 0.2) is 18.2 Å². The summed E-state index contributed by atoms with van der Waals surface area (Å²) in [6, 6.07) is 3.54. The number of aromatic carboxylic acids is 1. The van der Waals surface area contributed by atoms with Crippen LogP contribution in [0.25, 0.3) is 10.9 Å². The van der Waals surface area contributed by atoms with Crippen LogP contribution in [0.3, 0.4) is 0 Å². The van der Waals surface area contributed by atoms with Crippen LogP contribution in [0.2, 0.25) is 0 Å². The van der Waals surface area contributed by atoms with Crippen molar-refractivity contribution in [1.29, 1.82) is 0 Å². The normalized spacial score (nSPS) is 11.7. The minimum absolute atomic E-state index is 0.0964. The van der Waals surface area contributed by atoms with Gasteiger partial charge in [-0.3, -0.25) is 4.72 Å². The van der Waals surface area contributed by atoms with Crippen molar-refractivity contribution >= 4 is 32.6 Å². The summed E-state index contributed by atoms with van der Waals surface area (Å²) >= 11 is 0. The molecule has 0 saturated heterocycles. The third-order valence-corrected chi connectivity index (χ3v) is 2.82. The van der Waals surface area contributed by atoms with Gasteiger partial charge in [-0.2, -0.15) is 0 Å². The van der Waals surface area contributed by atoms with E-state index in [1.165, 1.54) is 12.1 Å². The van der Waals surface area contributed by atoms with E-state index >= 15 is 0 Å².